The highest BCUT2D eigenvalue weighted by molar-refractivity contribution is 7.11. The third-order valence-electron chi connectivity index (χ3n) is 2.64. The molecule has 2 aromatic rings. The second-order valence-corrected chi connectivity index (χ2v) is 5.44. The fourth-order valence-corrected chi connectivity index (χ4v) is 2.60. The van der Waals surface area contributed by atoms with E-state index in [2.05, 4.69) is 11.7 Å². The van der Waals surface area contributed by atoms with Crippen LogP contribution in [0.4, 0.5) is 0 Å². The van der Waals surface area contributed by atoms with Gasteiger partial charge in [-0.05, 0) is 48.1 Å². The SMILES string of the molecule is C=CC[n+]1nc(C)sc1C=Cc1cc(O)cc(OC)c1. The number of allylic oxidation sites excluding steroid dienone is 1. The number of hydrogen-bond donors (Lipinski definition) is 1. The van der Waals surface area contributed by atoms with Gasteiger partial charge < -0.3 is 9.84 Å². The van der Waals surface area contributed by atoms with Crippen molar-refractivity contribution in [2.75, 3.05) is 7.11 Å². The van der Waals surface area contributed by atoms with Crippen molar-refractivity contribution in [1.29, 1.82) is 0 Å². The van der Waals surface area contributed by atoms with Crippen LogP contribution in [-0.4, -0.2) is 17.3 Å². The molecule has 1 aromatic carbocycles. The zero-order valence-electron chi connectivity index (χ0n) is 11.5. The topological polar surface area (TPSA) is 46.2 Å². The van der Waals surface area contributed by atoms with Crippen molar-refractivity contribution in [2.24, 2.45) is 0 Å². The van der Waals surface area contributed by atoms with Crippen molar-refractivity contribution in [2.45, 2.75) is 13.5 Å². The molecule has 1 N–H and O–H groups in total. The third-order valence-corrected chi connectivity index (χ3v) is 3.57. The van der Waals surface area contributed by atoms with E-state index in [1.807, 2.05) is 35.9 Å². The van der Waals surface area contributed by atoms with Crippen molar-refractivity contribution in [3.63, 3.8) is 0 Å². The Labute approximate surface area is 122 Å². The fraction of sp³-hybridized carbons (Fsp3) is 0.200. The van der Waals surface area contributed by atoms with Crippen molar-refractivity contribution in [1.82, 2.24) is 5.10 Å². The van der Waals surface area contributed by atoms with Gasteiger partial charge in [0.2, 0.25) is 0 Å². The van der Waals surface area contributed by atoms with Gasteiger partial charge in [-0.15, -0.1) is 0 Å². The van der Waals surface area contributed by atoms with Gasteiger partial charge in [0.05, 0.1) is 7.11 Å². The Morgan fingerprint density at radius 2 is 2.20 bits per heavy atom. The molecule has 1 aromatic heterocycles. The first kappa shape index (κ1) is 14.3. The van der Waals surface area contributed by atoms with Crippen molar-refractivity contribution >= 4 is 23.5 Å². The zero-order chi connectivity index (χ0) is 14.5. The van der Waals surface area contributed by atoms with Gasteiger partial charge in [-0.1, -0.05) is 11.3 Å². The molecule has 0 saturated carbocycles. The summed E-state index contributed by atoms with van der Waals surface area (Å²) in [6.07, 6.45) is 5.71. The van der Waals surface area contributed by atoms with E-state index in [1.54, 1.807) is 30.6 Å². The number of phenolic OH excluding ortho intramolecular Hbond substituents is 1. The summed E-state index contributed by atoms with van der Waals surface area (Å²) >= 11 is 1.61. The summed E-state index contributed by atoms with van der Waals surface area (Å²) in [6.45, 7) is 6.37. The number of methoxy groups -OCH3 is 1. The summed E-state index contributed by atoms with van der Waals surface area (Å²) in [5.41, 5.74) is 0.873. The Morgan fingerprint density at radius 1 is 1.40 bits per heavy atom. The lowest BCUT2D eigenvalue weighted by molar-refractivity contribution is -0.741. The molecule has 2 rings (SSSR count). The van der Waals surface area contributed by atoms with Crippen LogP contribution in [0.2, 0.25) is 0 Å². The summed E-state index contributed by atoms with van der Waals surface area (Å²) in [7, 11) is 1.58. The Morgan fingerprint density at radius 3 is 2.90 bits per heavy atom. The normalized spacial score (nSPS) is 10.9. The number of rotatable bonds is 5. The number of ether oxygens (including phenoxy) is 1. The molecule has 0 saturated heterocycles. The quantitative estimate of drug-likeness (QED) is 0.680. The highest BCUT2D eigenvalue weighted by Crippen LogP contribution is 2.23. The predicted molar refractivity (Wildman–Crippen MR) is 80.8 cm³/mol. The molecule has 0 bridgehead atoms. The Kier molecular flexibility index (Phi) is 4.53. The molecule has 0 atom stereocenters. The largest absolute Gasteiger partial charge is 0.508 e. The van der Waals surface area contributed by atoms with Crippen LogP contribution >= 0.6 is 11.3 Å². The summed E-state index contributed by atoms with van der Waals surface area (Å²) in [4.78, 5) is 0. The number of phenols is 1. The van der Waals surface area contributed by atoms with E-state index < -0.39 is 0 Å². The van der Waals surface area contributed by atoms with Crippen LogP contribution in [-0.2, 0) is 6.54 Å². The maximum absolute atomic E-state index is 9.62. The molecule has 5 heteroatoms. The standard InChI is InChI=1S/C15H16N2O2S/c1-4-7-17-15(20-11(2)16-17)6-5-12-8-13(18)10-14(9-12)19-3/h4-6,8-10H,1,7H2,2-3H3/p+1. The van der Waals surface area contributed by atoms with Crippen molar-refractivity contribution in [3.8, 4) is 11.5 Å². The molecule has 20 heavy (non-hydrogen) atoms. The number of aryl methyl sites for hydroxylation is 1. The molecule has 1 heterocycles. The van der Waals surface area contributed by atoms with Gasteiger partial charge in [0.1, 0.15) is 11.5 Å². The van der Waals surface area contributed by atoms with Gasteiger partial charge in [-0.3, -0.25) is 0 Å². The predicted octanol–water partition coefficient (Wildman–Crippen LogP) is 2.81. The van der Waals surface area contributed by atoms with Crippen LogP contribution in [0.25, 0.3) is 12.2 Å². The van der Waals surface area contributed by atoms with E-state index >= 15 is 0 Å². The second-order valence-electron chi connectivity index (χ2n) is 4.23. The van der Waals surface area contributed by atoms with Crippen molar-refractivity contribution < 1.29 is 14.5 Å². The molecule has 0 unspecified atom stereocenters. The number of nitrogens with zero attached hydrogens (tertiary/aromatic N) is 2. The fourth-order valence-electron chi connectivity index (χ4n) is 1.80. The minimum Gasteiger partial charge on any atom is -0.508 e. The average Bonchev–Trinajstić information content (AvgIpc) is 2.76. The van der Waals surface area contributed by atoms with Crippen LogP contribution < -0.4 is 9.42 Å². The summed E-state index contributed by atoms with van der Waals surface area (Å²) in [5, 5.41) is 16.1. The first-order valence-electron chi connectivity index (χ1n) is 6.17. The highest BCUT2D eigenvalue weighted by Gasteiger charge is 2.13. The maximum Gasteiger partial charge on any atom is 0.289 e. The van der Waals surface area contributed by atoms with Gasteiger partial charge in [0.15, 0.2) is 11.6 Å². The molecule has 4 nitrogen and oxygen atoms in total. The number of benzene rings is 1. The van der Waals surface area contributed by atoms with Gasteiger partial charge in [-0.25, -0.2) is 0 Å². The van der Waals surface area contributed by atoms with E-state index in [-0.39, 0.29) is 5.75 Å². The molecular weight excluding hydrogens is 272 g/mol. The molecular formula is C15H17N2O2S+. The van der Waals surface area contributed by atoms with Crippen LogP contribution in [0.5, 0.6) is 11.5 Å². The smallest absolute Gasteiger partial charge is 0.289 e. The van der Waals surface area contributed by atoms with Gasteiger partial charge in [-0.2, -0.15) is 0 Å². The summed E-state index contributed by atoms with van der Waals surface area (Å²) in [5.74, 6) is 0.813. The third kappa shape index (κ3) is 3.45. The monoisotopic (exact) mass is 289 g/mol. The maximum atomic E-state index is 9.62. The van der Waals surface area contributed by atoms with Crippen LogP contribution in [0, 0.1) is 6.92 Å². The Balaban J connectivity index is 2.29. The van der Waals surface area contributed by atoms with E-state index in [0.717, 1.165) is 15.6 Å². The van der Waals surface area contributed by atoms with E-state index in [4.69, 9.17) is 4.74 Å². The molecule has 0 spiro atoms. The number of aromatic nitrogens is 2. The minimum absolute atomic E-state index is 0.184. The first-order chi connectivity index (χ1) is 9.62. The first-order valence-corrected chi connectivity index (χ1v) is 6.98. The molecule has 0 fully saturated rings. The van der Waals surface area contributed by atoms with E-state index in [9.17, 15) is 5.11 Å². The molecule has 0 aliphatic rings. The van der Waals surface area contributed by atoms with Crippen molar-refractivity contribution in [3.05, 3.63) is 46.4 Å². The minimum atomic E-state index is 0.184. The lowest BCUT2D eigenvalue weighted by Gasteiger charge is -2.01. The van der Waals surface area contributed by atoms with Gasteiger partial charge in [0, 0.05) is 17.2 Å². The van der Waals surface area contributed by atoms with Crippen LogP contribution in [0.15, 0.2) is 30.9 Å². The van der Waals surface area contributed by atoms with Gasteiger partial charge in [0.25, 0.3) is 5.01 Å². The van der Waals surface area contributed by atoms with Gasteiger partial charge >= 0.3 is 0 Å². The molecule has 0 radical (unpaired) electrons. The Hall–Kier alpha value is -2.14. The number of hydrogen-bond acceptors (Lipinski definition) is 4. The molecule has 0 aliphatic heterocycles. The molecule has 0 amide bonds. The number of aromatic hydroxyl groups is 1. The summed E-state index contributed by atoms with van der Waals surface area (Å²) in [6, 6.07) is 5.12. The van der Waals surface area contributed by atoms with E-state index in [0.29, 0.717) is 12.3 Å². The highest BCUT2D eigenvalue weighted by atomic mass is 32.1. The zero-order valence-corrected chi connectivity index (χ0v) is 12.4. The average molecular weight is 289 g/mol. The molecule has 104 valence electrons. The van der Waals surface area contributed by atoms with Crippen LogP contribution in [0.3, 0.4) is 0 Å². The Bertz CT molecular complexity index is 647. The lowest BCUT2D eigenvalue weighted by atomic mass is 10.2. The second kappa shape index (κ2) is 6.34. The summed E-state index contributed by atoms with van der Waals surface area (Å²) < 4.78 is 7.02. The lowest BCUT2D eigenvalue weighted by Crippen LogP contribution is -2.37. The van der Waals surface area contributed by atoms with Crippen LogP contribution in [0.1, 0.15) is 15.6 Å². The molecule has 0 aliphatic carbocycles. The van der Waals surface area contributed by atoms with E-state index in [1.165, 1.54) is 0 Å².